The molecule has 0 amide bonds. The van der Waals surface area contributed by atoms with Crippen LogP contribution in [0.5, 0.6) is 0 Å². The van der Waals surface area contributed by atoms with Crippen LogP contribution in [0.25, 0.3) is 0 Å². The Morgan fingerprint density at radius 1 is 0.833 bits per heavy atom. The van der Waals surface area contributed by atoms with Gasteiger partial charge in [-0.2, -0.15) is 0 Å². The van der Waals surface area contributed by atoms with Crippen molar-refractivity contribution in [3.63, 3.8) is 0 Å². The minimum atomic E-state index is -1.43. The molecule has 0 N–H and O–H groups in total. The van der Waals surface area contributed by atoms with E-state index in [1.165, 1.54) is 0 Å². The molecule has 0 aromatic heterocycles. The van der Waals surface area contributed by atoms with Crippen LogP contribution >= 0.6 is 6.62 Å². The monoisotopic (exact) mass is 289 g/mol. The molecule has 0 aliphatic carbocycles. The average molecular weight is 288 g/mol. The second-order valence-electron chi connectivity index (χ2n) is 4.63. The molecule has 0 aliphatic heterocycles. The SMILES string of the molecule is C[Si](C)(C)O[P+](=[Se])O[Si](C)(C)C. The molecule has 12 heavy (non-hydrogen) atoms. The summed E-state index contributed by atoms with van der Waals surface area (Å²) in [7, 11) is -2.85. The van der Waals surface area contributed by atoms with Gasteiger partial charge in [-0.25, -0.2) is 0 Å². The molecule has 0 saturated carbocycles. The Morgan fingerprint density at radius 2 is 1.08 bits per heavy atom. The van der Waals surface area contributed by atoms with Crippen LogP contribution in [0.15, 0.2) is 0 Å². The summed E-state index contributed by atoms with van der Waals surface area (Å²) in [6.07, 6.45) is 0. The van der Waals surface area contributed by atoms with E-state index in [-0.39, 0.29) is 0 Å². The van der Waals surface area contributed by atoms with Gasteiger partial charge in [0.15, 0.2) is 0 Å². The Labute approximate surface area is 86.1 Å². The summed E-state index contributed by atoms with van der Waals surface area (Å²) in [5, 5.41) is 0. The summed E-state index contributed by atoms with van der Waals surface area (Å²) in [4.78, 5) is 0. The van der Waals surface area contributed by atoms with E-state index in [4.69, 9.17) is 8.43 Å². The molecule has 0 radical (unpaired) electrons. The van der Waals surface area contributed by atoms with Gasteiger partial charge >= 0.3 is 86.1 Å². The molecule has 6 heteroatoms. The standard InChI is InChI=1S/C6H18O2PSeSi2/c1-11(2,3)7-9(10)8-12(4,5)6/h1-6H3/q+1. The van der Waals surface area contributed by atoms with Crippen molar-refractivity contribution >= 4 is 38.4 Å². The topological polar surface area (TPSA) is 18.5 Å². The number of hydrogen-bond donors (Lipinski definition) is 0. The van der Waals surface area contributed by atoms with E-state index in [9.17, 15) is 0 Å². The Morgan fingerprint density at radius 3 is 1.25 bits per heavy atom. The van der Waals surface area contributed by atoms with E-state index in [1.807, 2.05) is 0 Å². The first-order chi connectivity index (χ1) is 5.10. The van der Waals surface area contributed by atoms with Crippen LogP contribution in [0.4, 0.5) is 0 Å². The van der Waals surface area contributed by atoms with Gasteiger partial charge in [-0.05, 0) is 0 Å². The van der Waals surface area contributed by atoms with Crippen LogP contribution < -0.4 is 0 Å². The average Bonchev–Trinajstić information content (AvgIpc) is 1.49. The fourth-order valence-corrected chi connectivity index (χ4v) is 13.0. The first kappa shape index (κ1) is 13.2. The maximum absolute atomic E-state index is 5.77. The van der Waals surface area contributed by atoms with Crippen molar-refractivity contribution in [2.45, 2.75) is 39.3 Å². The molecule has 0 aromatic rings. The van der Waals surface area contributed by atoms with Gasteiger partial charge in [0.25, 0.3) is 0 Å². The van der Waals surface area contributed by atoms with E-state index < -0.39 is 23.3 Å². The van der Waals surface area contributed by atoms with E-state index in [1.54, 1.807) is 0 Å². The molecule has 0 spiro atoms. The van der Waals surface area contributed by atoms with Crippen LogP contribution in [-0.4, -0.2) is 31.7 Å². The van der Waals surface area contributed by atoms with Gasteiger partial charge in [-0.15, -0.1) is 0 Å². The summed E-state index contributed by atoms with van der Waals surface area (Å²) in [5.74, 6) is 0. The number of rotatable bonds is 4. The normalized spacial score (nSPS) is 13.2. The van der Waals surface area contributed by atoms with Gasteiger partial charge in [0.2, 0.25) is 0 Å². The summed E-state index contributed by atoms with van der Waals surface area (Å²) in [6, 6.07) is 0. The summed E-state index contributed by atoms with van der Waals surface area (Å²) in [6.45, 7) is 12.3. The van der Waals surface area contributed by atoms with E-state index in [0.717, 1.165) is 0 Å². The van der Waals surface area contributed by atoms with Gasteiger partial charge in [-0.3, -0.25) is 0 Å². The van der Waals surface area contributed by atoms with Crippen molar-refractivity contribution in [1.29, 1.82) is 0 Å². The van der Waals surface area contributed by atoms with E-state index >= 15 is 0 Å². The molecule has 0 unspecified atom stereocenters. The molecule has 0 rings (SSSR count). The predicted molar refractivity (Wildman–Crippen MR) is 61.5 cm³/mol. The Hall–Kier alpha value is 1.17. The fraction of sp³-hybridized carbons (Fsp3) is 1.00. The van der Waals surface area contributed by atoms with Crippen molar-refractivity contribution in [1.82, 2.24) is 0 Å². The van der Waals surface area contributed by atoms with Crippen molar-refractivity contribution in [2.24, 2.45) is 0 Å². The molecule has 0 aromatic carbocycles. The summed E-state index contributed by atoms with van der Waals surface area (Å²) < 4.78 is 11.5. The Kier molecular flexibility index (Phi) is 5.05. The molecule has 0 heterocycles. The third-order valence-corrected chi connectivity index (χ3v) is 9.09. The zero-order valence-corrected chi connectivity index (χ0v) is 13.3. The van der Waals surface area contributed by atoms with Crippen LogP contribution in [0, 0.1) is 0 Å². The second kappa shape index (κ2) is 4.60. The minimum absolute atomic E-state index is 0.758. The molecule has 2 nitrogen and oxygen atoms in total. The maximum atomic E-state index is 5.77. The van der Waals surface area contributed by atoms with Crippen LogP contribution in [0.3, 0.4) is 0 Å². The summed E-state index contributed by atoms with van der Waals surface area (Å²) >= 11 is 2.98. The van der Waals surface area contributed by atoms with Crippen LogP contribution in [-0.2, 0) is 8.43 Å². The molecular weight excluding hydrogens is 270 g/mol. The van der Waals surface area contributed by atoms with Crippen LogP contribution in [0.2, 0.25) is 39.3 Å². The quantitative estimate of drug-likeness (QED) is 0.584. The first-order valence-electron chi connectivity index (χ1n) is 3.96. The molecule has 0 fully saturated rings. The van der Waals surface area contributed by atoms with Gasteiger partial charge in [0.05, 0.1) is 0 Å². The summed E-state index contributed by atoms with van der Waals surface area (Å²) in [5.41, 5.74) is 0. The van der Waals surface area contributed by atoms with Crippen molar-refractivity contribution < 1.29 is 8.43 Å². The van der Waals surface area contributed by atoms with E-state index in [0.29, 0.717) is 0 Å². The molecule has 0 bridgehead atoms. The molecular formula is C6H18O2PSeSi2+. The van der Waals surface area contributed by atoms with Crippen molar-refractivity contribution in [2.75, 3.05) is 0 Å². The molecule has 72 valence electrons. The van der Waals surface area contributed by atoms with Crippen LogP contribution in [0.1, 0.15) is 0 Å². The Balaban J connectivity index is 3.92. The van der Waals surface area contributed by atoms with Gasteiger partial charge in [0, 0.05) is 0 Å². The predicted octanol–water partition coefficient (Wildman–Crippen LogP) is 3.08. The first-order valence-corrected chi connectivity index (χ1v) is 14.2. The third kappa shape index (κ3) is 9.26. The molecule has 0 aliphatic rings. The molecule has 0 atom stereocenters. The van der Waals surface area contributed by atoms with Gasteiger partial charge < -0.3 is 0 Å². The van der Waals surface area contributed by atoms with Crippen molar-refractivity contribution in [3.8, 4) is 0 Å². The van der Waals surface area contributed by atoms with Gasteiger partial charge in [-0.1, -0.05) is 0 Å². The fourth-order valence-electron chi connectivity index (χ4n) is 0.466. The molecule has 0 saturated heterocycles. The third-order valence-electron chi connectivity index (χ3n) is 0.697. The number of hydrogen-bond acceptors (Lipinski definition) is 2. The van der Waals surface area contributed by atoms with Gasteiger partial charge in [0.1, 0.15) is 0 Å². The van der Waals surface area contributed by atoms with E-state index in [2.05, 4.69) is 54.4 Å². The second-order valence-corrected chi connectivity index (χ2v) is 16.9. The zero-order valence-electron chi connectivity index (χ0n) is 8.67. The zero-order chi connectivity index (χ0) is 9.99. The Bertz CT molecular complexity index is 155. The van der Waals surface area contributed by atoms with Crippen molar-refractivity contribution in [3.05, 3.63) is 0 Å².